The largest absolute Gasteiger partial charge is 0.383 e. The zero-order valence-electron chi connectivity index (χ0n) is 16.8. The van der Waals surface area contributed by atoms with Crippen LogP contribution in [-0.4, -0.2) is 81.1 Å². The van der Waals surface area contributed by atoms with E-state index >= 15 is 0 Å². The van der Waals surface area contributed by atoms with E-state index in [0.717, 1.165) is 16.8 Å². The van der Waals surface area contributed by atoms with Crippen LogP contribution in [0.3, 0.4) is 0 Å². The number of halogens is 2. The smallest absolute Gasteiger partial charge is 0.238 e. The van der Waals surface area contributed by atoms with E-state index in [1.165, 1.54) is 0 Å². The Labute approximate surface area is 180 Å². The van der Waals surface area contributed by atoms with Gasteiger partial charge in [0, 0.05) is 45.5 Å². The van der Waals surface area contributed by atoms with Gasteiger partial charge in [-0.25, -0.2) is 0 Å². The van der Waals surface area contributed by atoms with Gasteiger partial charge in [0.05, 0.1) is 19.7 Å². The van der Waals surface area contributed by atoms with Gasteiger partial charge in [-0.05, 0) is 25.0 Å². The predicted molar refractivity (Wildman–Crippen MR) is 117 cm³/mol. The molecule has 0 spiro atoms. The second-order valence-corrected chi connectivity index (χ2v) is 6.64. The highest BCUT2D eigenvalue weighted by Gasteiger charge is 2.22. The molecule has 1 aromatic carbocycles. The zero-order chi connectivity index (χ0) is 18.9. The van der Waals surface area contributed by atoms with E-state index < -0.39 is 0 Å². The molecule has 1 aliphatic rings. The number of anilines is 1. The lowest BCUT2D eigenvalue weighted by molar-refractivity contribution is -0.132. The molecule has 1 fully saturated rings. The van der Waals surface area contributed by atoms with Gasteiger partial charge in [0.1, 0.15) is 0 Å². The first-order chi connectivity index (χ1) is 12.5. The minimum absolute atomic E-state index is 0. The molecule has 2 amide bonds. The molecule has 0 unspecified atom stereocenters. The number of piperazine rings is 1. The van der Waals surface area contributed by atoms with E-state index in [0.29, 0.717) is 52.4 Å². The van der Waals surface area contributed by atoms with Crippen LogP contribution in [0.15, 0.2) is 18.2 Å². The van der Waals surface area contributed by atoms with Gasteiger partial charge in [0.15, 0.2) is 0 Å². The fraction of sp³-hybridized carbons (Fsp3) is 0.579. The topological polar surface area (TPSA) is 73.9 Å². The molecule has 9 heteroatoms. The molecule has 1 saturated heterocycles. The van der Waals surface area contributed by atoms with Gasteiger partial charge in [-0.2, -0.15) is 0 Å². The number of para-hydroxylation sites is 1. The van der Waals surface area contributed by atoms with E-state index in [9.17, 15) is 9.59 Å². The van der Waals surface area contributed by atoms with Crippen molar-refractivity contribution in [1.29, 1.82) is 0 Å². The molecule has 2 rings (SSSR count). The van der Waals surface area contributed by atoms with Crippen molar-refractivity contribution in [1.82, 2.24) is 15.1 Å². The van der Waals surface area contributed by atoms with E-state index in [4.69, 9.17) is 4.74 Å². The van der Waals surface area contributed by atoms with Crippen LogP contribution in [0.2, 0.25) is 0 Å². The van der Waals surface area contributed by atoms with Gasteiger partial charge in [-0.15, -0.1) is 24.8 Å². The number of amides is 2. The average Bonchev–Trinajstić information content (AvgIpc) is 2.62. The highest BCUT2D eigenvalue weighted by Crippen LogP contribution is 2.19. The van der Waals surface area contributed by atoms with E-state index in [1.54, 1.807) is 7.11 Å². The first-order valence-corrected chi connectivity index (χ1v) is 9.07. The fourth-order valence-corrected chi connectivity index (χ4v) is 3.03. The van der Waals surface area contributed by atoms with Crippen molar-refractivity contribution in [3.05, 3.63) is 29.3 Å². The Bertz CT molecular complexity index is 603. The summed E-state index contributed by atoms with van der Waals surface area (Å²) in [5.41, 5.74) is 3.03. The summed E-state index contributed by atoms with van der Waals surface area (Å²) >= 11 is 0. The van der Waals surface area contributed by atoms with E-state index in [2.05, 4.69) is 15.5 Å². The third-order valence-corrected chi connectivity index (χ3v) is 4.60. The number of nitrogens with one attached hydrogen (secondary N) is 2. The maximum absolute atomic E-state index is 12.3. The number of ether oxygens (including phenoxy) is 1. The molecule has 7 nitrogen and oxygen atoms in total. The fourth-order valence-electron chi connectivity index (χ4n) is 3.03. The third kappa shape index (κ3) is 8.32. The Kier molecular flexibility index (Phi) is 13.1. The summed E-state index contributed by atoms with van der Waals surface area (Å²) in [4.78, 5) is 28.4. The maximum Gasteiger partial charge on any atom is 0.238 e. The molecule has 28 heavy (non-hydrogen) atoms. The molecule has 160 valence electrons. The number of nitrogens with zero attached hydrogens (tertiary/aromatic N) is 2. The van der Waals surface area contributed by atoms with Crippen molar-refractivity contribution in [2.45, 2.75) is 13.8 Å². The molecule has 1 aromatic rings. The number of methoxy groups -OCH3 is 1. The maximum atomic E-state index is 12.3. The average molecular weight is 435 g/mol. The molecule has 0 atom stereocenters. The third-order valence-electron chi connectivity index (χ3n) is 4.60. The Hall–Kier alpha value is -1.38. The van der Waals surface area contributed by atoms with Gasteiger partial charge in [-0.1, -0.05) is 18.2 Å². The van der Waals surface area contributed by atoms with Crippen LogP contribution in [0, 0.1) is 13.8 Å². The molecule has 0 saturated carbocycles. The molecule has 0 aromatic heterocycles. The van der Waals surface area contributed by atoms with Crippen molar-refractivity contribution in [3.8, 4) is 0 Å². The molecular weight excluding hydrogens is 403 g/mol. The molecular formula is C19H32Cl2N4O3. The molecule has 1 aliphatic heterocycles. The molecule has 2 N–H and O–H groups in total. The number of aryl methyl sites for hydroxylation is 2. The highest BCUT2D eigenvalue weighted by atomic mass is 35.5. The number of benzene rings is 1. The van der Waals surface area contributed by atoms with Gasteiger partial charge in [-0.3, -0.25) is 14.5 Å². The van der Waals surface area contributed by atoms with Crippen molar-refractivity contribution >= 4 is 42.3 Å². The van der Waals surface area contributed by atoms with Crippen LogP contribution in [0.4, 0.5) is 5.69 Å². The van der Waals surface area contributed by atoms with Gasteiger partial charge in [0.25, 0.3) is 0 Å². The number of carbonyl (C=O) groups excluding carboxylic acids is 2. The summed E-state index contributed by atoms with van der Waals surface area (Å²) in [6.07, 6.45) is 0. The van der Waals surface area contributed by atoms with Gasteiger partial charge in [0.2, 0.25) is 11.8 Å². The van der Waals surface area contributed by atoms with Crippen LogP contribution in [0.1, 0.15) is 11.1 Å². The Morgan fingerprint density at radius 3 is 2.25 bits per heavy atom. The molecule has 1 heterocycles. The Morgan fingerprint density at radius 2 is 1.68 bits per heavy atom. The first-order valence-electron chi connectivity index (χ1n) is 9.07. The lowest BCUT2D eigenvalue weighted by Crippen LogP contribution is -2.52. The molecule has 0 radical (unpaired) electrons. The van der Waals surface area contributed by atoms with Gasteiger partial charge < -0.3 is 20.3 Å². The van der Waals surface area contributed by atoms with Crippen LogP contribution >= 0.6 is 24.8 Å². The SMILES string of the molecule is COCCNCC(=O)N1CCN(CC(=O)Nc2c(C)cccc2C)CC1.Cl.Cl. The lowest BCUT2D eigenvalue weighted by atomic mass is 10.1. The highest BCUT2D eigenvalue weighted by molar-refractivity contribution is 5.93. The monoisotopic (exact) mass is 434 g/mol. The summed E-state index contributed by atoms with van der Waals surface area (Å²) < 4.78 is 4.95. The van der Waals surface area contributed by atoms with Crippen LogP contribution in [0.25, 0.3) is 0 Å². The van der Waals surface area contributed by atoms with Gasteiger partial charge >= 0.3 is 0 Å². The lowest BCUT2D eigenvalue weighted by Gasteiger charge is -2.34. The number of hydrogen-bond donors (Lipinski definition) is 2. The Balaban J connectivity index is 0.00000364. The standard InChI is InChI=1S/C19H30N4O3.2ClH/c1-15-5-4-6-16(2)19(15)21-17(24)14-22-8-10-23(11-9-22)18(25)13-20-7-12-26-3;;/h4-6,20H,7-14H2,1-3H3,(H,21,24);2*1H. The number of hydrogen-bond acceptors (Lipinski definition) is 5. The quantitative estimate of drug-likeness (QED) is 0.605. The summed E-state index contributed by atoms with van der Waals surface area (Å²) in [6.45, 7) is 8.66. The Morgan fingerprint density at radius 1 is 1.07 bits per heavy atom. The summed E-state index contributed by atoms with van der Waals surface area (Å²) in [5.74, 6) is 0.0872. The van der Waals surface area contributed by atoms with Crippen molar-refractivity contribution in [2.24, 2.45) is 0 Å². The summed E-state index contributed by atoms with van der Waals surface area (Å²) in [7, 11) is 1.64. The zero-order valence-corrected chi connectivity index (χ0v) is 18.5. The predicted octanol–water partition coefficient (Wildman–Crippen LogP) is 1.47. The summed E-state index contributed by atoms with van der Waals surface area (Å²) in [5, 5.41) is 6.09. The number of rotatable bonds is 8. The minimum Gasteiger partial charge on any atom is -0.383 e. The van der Waals surface area contributed by atoms with E-state index in [-0.39, 0.29) is 36.6 Å². The van der Waals surface area contributed by atoms with Crippen molar-refractivity contribution in [3.63, 3.8) is 0 Å². The van der Waals surface area contributed by atoms with Crippen LogP contribution < -0.4 is 10.6 Å². The number of carbonyl (C=O) groups is 2. The van der Waals surface area contributed by atoms with Crippen LogP contribution in [0.5, 0.6) is 0 Å². The summed E-state index contributed by atoms with van der Waals surface area (Å²) in [6, 6.07) is 5.97. The second kappa shape index (κ2) is 13.7. The minimum atomic E-state index is -0.0107. The second-order valence-electron chi connectivity index (χ2n) is 6.64. The normalized spacial score (nSPS) is 14.0. The van der Waals surface area contributed by atoms with Crippen LogP contribution in [-0.2, 0) is 14.3 Å². The molecule has 0 bridgehead atoms. The van der Waals surface area contributed by atoms with Crippen molar-refractivity contribution in [2.75, 3.05) is 64.8 Å². The first kappa shape index (κ1) is 26.6. The van der Waals surface area contributed by atoms with E-state index in [1.807, 2.05) is 36.9 Å². The van der Waals surface area contributed by atoms with Crippen molar-refractivity contribution < 1.29 is 14.3 Å². The molecule has 0 aliphatic carbocycles.